The van der Waals surface area contributed by atoms with Crippen molar-refractivity contribution in [2.45, 2.75) is 145 Å². The van der Waals surface area contributed by atoms with Crippen LogP contribution in [0.4, 0.5) is 0 Å². The van der Waals surface area contributed by atoms with Gasteiger partial charge in [0, 0.05) is 30.1 Å². The van der Waals surface area contributed by atoms with Crippen LogP contribution in [0.1, 0.15) is 138 Å². The molecule has 1 aliphatic heterocycles. The minimum atomic E-state index is -0.712. The van der Waals surface area contributed by atoms with Crippen molar-refractivity contribution in [3.63, 3.8) is 0 Å². The molecule has 1 aromatic heterocycles. The zero-order valence-electron chi connectivity index (χ0n) is 28.1. The summed E-state index contributed by atoms with van der Waals surface area (Å²) in [5.41, 5.74) is 3.65. The smallest absolute Gasteiger partial charge is 0.230 e. The molecule has 5 rings (SSSR count). The highest BCUT2D eigenvalue weighted by molar-refractivity contribution is 7.99. The number of para-hydroxylation sites is 1. The van der Waals surface area contributed by atoms with Gasteiger partial charge in [-0.1, -0.05) is 145 Å². The summed E-state index contributed by atoms with van der Waals surface area (Å²) in [5.74, 6) is -0.585. The average molecular weight is 658 g/mol. The number of likely N-dealkylation sites (tertiary alicyclic amines) is 1. The van der Waals surface area contributed by atoms with Crippen LogP contribution in [0.15, 0.2) is 53.7 Å². The molecule has 0 spiro atoms. The van der Waals surface area contributed by atoms with Crippen LogP contribution in [0, 0.1) is 0 Å². The summed E-state index contributed by atoms with van der Waals surface area (Å²) in [7, 11) is 0. The molecule has 2 unspecified atom stereocenters. The summed E-state index contributed by atoms with van der Waals surface area (Å²) in [6, 6.07) is 15.1. The van der Waals surface area contributed by atoms with E-state index >= 15 is 0 Å². The van der Waals surface area contributed by atoms with Crippen LogP contribution in [0.3, 0.4) is 0 Å². The minimum Gasteiger partial charge on any atom is -0.292 e. The summed E-state index contributed by atoms with van der Waals surface area (Å²) in [4.78, 5) is 39.6. The maximum absolute atomic E-state index is 13.4. The van der Waals surface area contributed by atoms with E-state index < -0.39 is 6.04 Å². The molecule has 47 heavy (non-hydrogen) atoms. The number of fused-ring (bicyclic) bond motifs is 1. The Balaban J connectivity index is 1.17. The number of nitrogens with zero attached hydrogens (tertiary/aromatic N) is 5. The molecule has 2 atom stereocenters. The molecule has 252 valence electrons. The number of thioether (sulfide) groups is 1. The van der Waals surface area contributed by atoms with Crippen molar-refractivity contribution in [2.24, 2.45) is 0 Å². The van der Waals surface area contributed by atoms with Crippen LogP contribution in [0.2, 0.25) is 0 Å². The second-order valence-electron chi connectivity index (χ2n) is 13.2. The predicted molar refractivity (Wildman–Crippen MR) is 187 cm³/mol. The molecule has 1 fully saturated rings. The molecule has 0 saturated carbocycles. The summed E-state index contributed by atoms with van der Waals surface area (Å²) >= 11 is 1.69. The normalized spacial score (nSPS) is 16.7. The molecular formula is C38H51N5O3S. The van der Waals surface area contributed by atoms with Gasteiger partial charge >= 0.3 is 0 Å². The number of unbranched alkanes of at least 4 members (excludes halogenated alkanes) is 13. The molecule has 0 N–H and O–H groups in total. The highest BCUT2D eigenvalue weighted by atomic mass is 32.2. The monoisotopic (exact) mass is 657 g/mol. The first-order chi connectivity index (χ1) is 23.1. The first kappa shape index (κ1) is 35.0. The lowest BCUT2D eigenvalue weighted by Crippen LogP contribution is -2.43. The molecule has 3 aromatic rings. The molecular weight excluding hydrogens is 607 g/mol. The van der Waals surface area contributed by atoms with Gasteiger partial charge < -0.3 is 0 Å². The van der Waals surface area contributed by atoms with E-state index in [2.05, 4.69) is 28.5 Å². The number of tetrazole rings is 1. The first-order valence-corrected chi connectivity index (χ1v) is 18.9. The van der Waals surface area contributed by atoms with E-state index in [1.54, 1.807) is 16.4 Å². The summed E-state index contributed by atoms with van der Waals surface area (Å²) in [6.45, 7) is 2.27. The summed E-state index contributed by atoms with van der Waals surface area (Å²) < 4.78 is 1.79. The molecule has 1 saturated heterocycles. The highest BCUT2D eigenvalue weighted by Gasteiger charge is 2.43. The Morgan fingerprint density at radius 3 is 2.02 bits per heavy atom. The van der Waals surface area contributed by atoms with Crippen LogP contribution >= 0.6 is 11.8 Å². The number of benzene rings is 2. The number of ketones is 1. The zero-order valence-corrected chi connectivity index (χ0v) is 28.9. The molecule has 0 radical (unpaired) electrons. The van der Waals surface area contributed by atoms with Gasteiger partial charge in [0.15, 0.2) is 5.78 Å². The van der Waals surface area contributed by atoms with Crippen LogP contribution in [0.25, 0.3) is 5.69 Å². The summed E-state index contributed by atoms with van der Waals surface area (Å²) in [6.07, 6.45) is 21.2. The second kappa shape index (κ2) is 18.3. The van der Waals surface area contributed by atoms with Gasteiger partial charge in [-0.2, -0.15) is 4.68 Å². The molecule has 1 aliphatic carbocycles. The van der Waals surface area contributed by atoms with Gasteiger partial charge in [-0.05, 0) is 46.5 Å². The average Bonchev–Trinajstić information content (AvgIpc) is 3.78. The van der Waals surface area contributed by atoms with Crippen molar-refractivity contribution < 1.29 is 14.4 Å². The Morgan fingerprint density at radius 1 is 0.766 bits per heavy atom. The molecule has 2 aliphatic rings. The molecule has 8 nitrogen and oxygen atoms in total. The molecule has 9 heteroatoms. The van der Waals surface area contributed by atoms with E-state index in [4.69, 9.17) is 0 Å². The third kappa shape index (κ3) is 9.62. The van der Waals surface area contributed by atoms with Crippen LogP contribution in [-0.2, 0) is 22.4 Å². The standard InChI is InChI=1S/C38H51N5O3S/c1-2-3-4-5-6-7-8-9-10-11-12-13-14-18-23-31(47-38-39-40-41-43(38)30-21-16-15-17-22-30)27-29-20-19-24-32-33(29)28-34(37(32)46)42-35(44)25-26-36(42)45/h15-17,19-22,24,31,34H,2-14,18,23,25-28H2,1H3. The lowest BCUT2D eigenvalue weighted by atomic mass is 9.97. The number of aromatic nitrogens is 4. The third-order valence-electron chi connectivity index (χ3n) is 9.68. The lowest BCUT2D eigenvalue weighted by Gasteiger charge is -2.20. The van der Waals surface area contributed by atoms with E-state index in [1.807, 2.05) is 42.5 Å². The van der Waals surface area contributed by atoms with Crippen molar-refractivity contribution in [1.29, 1.82) is 0 Å². The Hall–Kier alpha value is -3.33. The molecule has 2 amide bonds. The lowest BCUT2D eigenvalue weighted by molar-refractivity contribution is -0.140. The Morgan fingerprint density at radius 2 is 1.38 bits per heavy atom. The molecule has 2 aromatic carbocycles. The van der Waals surface area contributed by atoms with Crippen molar-refractivity contribution in [1.82, 2.24) is 25.1 Å². The number of amides is 2. The minimum absolute atomic E-state index is 0.116. The van der Waals surface area contributed by atoms with Gasteiger partial charge in [-0.15, -0.1) is 5.10 Å². The Labute approximate surface area is 284 Å². The fourth-order valence-electron chi connectivity index (χ4n) is 7.06. The number of hydrogen-bond acceptors (Lipinski definition) is 7. The van der Waals surface area contributed by atoms with Gasteiger partial charge in [0.05, 0.1) is 5.69 Å². The van der Waals surface area contributed by atoms with Crippen LogP contribution in [-0.4, -0.2) is 54.0 Å². The number of carbonyl (C=O) groups excluding carboxylic acids is 3. The fourth-order valence-corrected chi connectivity index (χ4v) is 8.23. The fraction of sp³-hybridized carbons (Fsp3) is 0.579. The van der Waals surface area contributed by atoms with Crippen molar-refractivity contribution in [2.75, 3.05) is 0 Å². The van der Waals surface area contributed by atoms with Crippen molar-refractivity contribution in [3.05, 3.63) is 65.2 Å². The second-order valence-corrected chi connectivity index (χ2v) is 14.5. The predicted octanol–water partition coefficient (Wildman–Crippen LogP) is 8.49. The molecule has 2 heterocycles. The van der Waals surface area contributed by atoms with E-state index in [0.29, 0.717) is 12.0 Å². The van der Waals surface area contributed by atoms with E-state index in [-0.39, 0.29) is 35.7 Å². The van der Waals surface area contributed by atoms with E-state index in [1.165, 1.54) is 88.4 Å². The van der Waals surface area contributed by atoms with Gasteiger partial charge in [0.25, 0.3) is 0 Å². The number of imide groups is 1. The first-order valence-electron chi connectivity index (χ1n) is 18.1. The number of carbonyl (C=O) groups is 3. The van der Waals surface area contributed by atoms with E-state index in [0.717, 1.165) is 41.2 Å². The third-order valence-corrected chi connectivity index (χ3v) is 10.9. The highest BCUT2D eigenvalue weighted by Crippen LogP contribution is 2.35. The zero-order chi connectivity index (χ0) is 32.8. The van der Waals surface area contributed by atoms with Gasteiger partial charge in [-0.25, -0.2) is 0 Å². The maximum Gasteiger partial charge on any atom is 0.230 e. The largest absolute Gasteiger partial charge is 0.292 e. The van der Waals surface area contributed by atoms with Crippen LogP contribution < -0.4 is 0 Å². The molecule has 0 bridgehead atoms. The van der Waals surface area contributed by atoms with Crippen LogP contribution in [0.5, 0.6) is 0 Å². The van der Waals surface area contributed by atoms with Gasteiger partial charge in [-0.3, -0.25) is 19.3 Å². The van der Waals surface area contributed by atoms with Crippen molar-refractivity contribution >= 4 is 29.4 Å². The summed E-state index contributed by atoms with van der Waals surface area (Å²) in [5, 5.41) is 13.6. The SMILES string of the molecule is CCCCCCCCCCCCCCCCC(Cc1cccc2c1CC(N1C(=O)CCC1=O)C2=O)Sc1nnnn1-c1ccccc1. The quantitative estimate of drug-likeness (QED) is 0.0644. The maximum atomic E-state index is 13.4. The number of hydrogen-bond donors (Lipinski definition) is 0. The topological polar surface area (TPSA) is 98.1 Å². The number of rotatable bonds is 21. The number of Topliss-reactive ketones (excluding diaryl/α,β-unsaturated/α-hetero) is 1. The Kier molecular flexibility index (Phi) is 13.6. The van der Waals surface area contributed by atoms with Gasteiger partial charge in [0.1, 0.15) is 6.04 Å². The van der Waals surface area contributed by atoms with Gasteiger partial charge in [0.2, 0.25) is 17.0 Å². The Bertz CT molecular complexity index is 1440. The van der Waals surface area contributed by atoms with Crippen molar-refractivity contribution in [3.8, 4) is 5.69 Å². The van der Waals surface area contributed by atoms with E-state index in [9.17, 15) is 14.4 Å².